The molecule has 0 bridgehead atoms. The van der Waals surface area contributed by atoms with Crippen LogP contribution in [-0.4, -0.2) is 36.2 Å². The Bertz CT molecular complexity index is 94.9. The van der Waals surface area contributed by atoms with Crippen molar-refractivity contribution in [1.29, 1.82) is 0 Å². The summed E-state index contributed by atoms with van der Waals surface area (Å²) in [6.45, 7) is 4.09. The molecule has 0 aromatic heterocycles. The minimum absolute atomic E-state index is 0.0938. The number of likely N-dealkylation sites (tertiary alicyclic amines) is 1. The molecule has 9 heavy (non-hydrogen) atoms. The highest BCUT2D eigenvalue weighted by atomic mass is 16.3. The lowest BCUT2D eigenvalue weighted by Gasteiger charge is -2.31. The molecule has 1 N–H and O–H groups in total. The summed E-state index contributed by atoms with van der Waals surface area (Å²) < 4.78 is 0. The number of nitrogens with zero attached hydrogens (tertiary/aromatic N) is 1. The molecule has 0 aromatic rings. The Balaban J connectivity index is 2.35. The zero-order valence-electron chi connectivity index (χ0n) is 6.17. The fraction of sp³-hybridized carbons (Fsp3) is 1.00. The molecule has 1 heterocycles. The maximum absolute atomic E-state index is 9.31. The van der Waals surface area contributed by atoms with Crippen molar-refractivity contribution in [2.45, 2.75) is 19.4 Å². The van der Waals surface area contributed by atoms with Crippen LogP contribution in [0, 0.1) is 5.92 Å². The highest BCUT2D eigenvalue weighted by Crippen LogP contribution is 2.14. The molecular weight excluding hydrogens is 114 g/mol. The van der Waals surface area contributed by atoms with E-state index in [1.165, 1.54) is 0 Å². The van der Waals surface area contributed by atoms with E-state index in [-0.39, 0.29) is 6.10 Å². The largest absolute Gasteiger partial charge is 0.392 e. The molecule has 0 aliphatic carbocycles. The van der Waals surface area contributed by atoms with Crippen LogP contribution in [-0.2, 0) is 0 Å². The molecule has 0 saturated carbocycles. The summed E-state index contributed by atoms with van der Waals surface area (Å²) in [7, 11) is 2.05. The Morgan fingerprint density at radius 1 is 1.56 bits per heavy atom. The second-order valence-electron chi connectivity index (χ2n) is 3.10. The molecule has 2 heteroatoms. The molecule has 0 aromatic carbocycles. The van der Waals surface area contributed by atoms with Crippen LogP contribution < -0.4 is 0 Å². The third-order valence-electron chi connectivity index (χ3n) is 2.12. The van der Waals surface area contributed by atoms with E-state index in [1.54, 1.807) is 0 Å². The SMILES string of the molecule is C[C@@H]1CCN(C)CC1O. The van der Waals surface area contributed by atoms with E-state index in [2.05, 4.69) is 18.9 Å². The molecule has 1 aliphatic heterocycles. The first-order valence-corrected chi connectivity index (χ1v) is 3.57. The molecule has 0 amide bonds. The third kappa shape index (κ3) is 1.66. The molecule has 54 valence electrons. The minimum atomic E-state index is -0.0938. The van der Waals surface area contributed by atoms with E-state index in [0.717, 1.165) is 19.5 Å². The van der Waals surface area contributed by atoms with Crippen molar-refractivity contribution in [3.8, 4) is 0 Å². The molecule has 2 nitrogen and oxygen atoms in total. The van der Waals surface area contributed by atoms with Gasteiger partial charge in [-0.15, -0.1) is 0 Å². The number of piperidine rings is 1. The van der Waals surface area contributed by atoms with Crippen molar-refractivity contribution in [3.05, 3.63) is 0 Å². The molecule has 0 spiro atoms. The maximum Gasteiger partial charge on any atom is 0.0692 e. The van der Waals surface area contributed by atoms with E-state index in [4.69, 9.17) is 0 Å². The summed E-state index contributed by atoms with van der Waals surface area (Å²) in [5.74, 6) is 0.501. The van der Waals surface area contributed by atoms with Gasteiger partial charge in [-0.3, -0.25) is 0 Å². The van der Waals surface area contributed by atoms with Crippen LogP contribution in [0.5, 0.6) is 0 Å². The number of rotatable bonds is 0. The second kappa shape index (κ2) is 2.67. The van der Waals surface area contributed by atoms with Crippen LogP contribution in [0.3, 0.4) is 0 Å². The van der Waals surface area contributed by atoms with Gasteiger partial charge in [-0.2, -0.15) is 0 Å². The number of aliphatic hydroxyl groups excluding tert-OH is 1. The normalized spacial score (nSPS) is 39.0. The van der Waals surface area contributed by atoms with Crippen LogP contribution in [0.25, 0.3) is 0 Å². The van der Waals surface area contributed by atoms with Crippen LogP contribution in [0.4, 0.5) is 0 Å². The number of hydrogen-bond acceptors (Lipinski definition) is 2. The molecule has 0 radical (unpaired) electrons. The van der Waals surface area contributed by atoms with Crippen molar-refractivity contribution >= 4 is 0 Å². The Morgan fingerprint density at radius 3 is 2.67 bits per heavy atom. The fourth-order valence-corrected chi connectivity index (χ4v) is 1.21. The molecular formula is C7H15NO. The summed E-state index contributed by atoms with van der Waals surface area (Å²) in [6, 6.07) is 0. The van der Waals surface area contributed by atoms with Gasteiger partial charge in [0.15, 0.2) is 0 Å². The highest BCUT2D eigenvalue weighted by Gasteiger charge is 2.21. The summed E-state index contributed by atoms with van der Waals surface area (Å²) in [6.07, 6.45) is 1.04. The van der Waals surface area contributed by atoms with E-state index in [1.807, 2.05) is 0 Å². The Labute approximate surface area is 56.5 Å². The third-order valence-corrected chi connectivity index (χ3v) is 2.12. The molecule has 1 unspecified atom stereocenters. The Hall–Kier alpha value is -0.0800. The topological polar surface area (TPSA) is 23.5 Å². The zero-order valence-corrected chi connectivity index (χ0v) is 6.17. The standard InChI is InChI=1S/C7H15NO/c1-6-3-4-8(2)5-7(6)9/h6-7,9H,3-5H2,1-2H3/t6-,7?/m1/s1. The minimum Gasteiger partial charge on any atom is -0.392 e. The average Bonchev–Trinajstić information content (AvgIpc) is 1.80. The van der Waals surface area contributed by atoms with Crippen LogP contribution in [0.2, 0.25) is 0 Å². The lowest BCUT2D eigenvalue weighted by Crippen LogP contribution is -2.40. The van der Waals surface area contributed by atoms with E-state index in [0.29, 0.717) is 5.92 Å². The van der Waals surface area contributed by atoms with Gasteiger partial charge in [-0.25, -0.2) is 0 Å². The summed E-state index contributed by atoms with van der Waals surface area (Å²) in [4.78, 5) is 2.17. The fourth-order valence-electron chi connectivity index (χ4n) is 1.21. The van der Waals surface area contributed by atoms with E-state index < -0.39 is 0 Å². The summed E-state index contributed by atoms with van der Waals surface area (Å²) >= 11 is 0. The molecule has 1 rings (SSSR count). The van der Waals surface area contributed by atoms with Crippen molar-refractivity contribution < 1.29 is 5.11 Å². The van der Waals surface area contributed by atoms with E-state index >= 15 is 0 Å². The van der Waals surface area contributed by atoms with Gasteiger partial charge in [0.25, 0.3) is 0 Å². The van der Waals surface area contributed by atoms with Gasteiger partial charge in [0.1, 0.15) is 0 Å². The number of likely N-dealkylation sites (N-methyl/N-ethyl adjacent to an activating group) is 1. The van der Waals surface area contributed by atoms with Crippen LogP contribution >= 0.6 is 0 Å². The maximum atomic E-state index is 9.31. The lowest BCUT2D eigenvalue weighted by atomic mass is 9.97. The lowest BCUT2D eigenvalue weighted by molar-refractivity contribution is 0.0404. The summed E-state index contributed by atoms with van der Waals surface area (Å²) in [5, 5.41) is 9.31. The molecule has 1 saturated heterocycles. The van der Waals surface area contributed by atoms with Gasteiger partial charge in [-0.1, -0.05) is 6.92 Å². The Morgan fingerprint density at radius 2 is 2.22 bits per heavy atom. The first-order chi connectivity index (χ1) is 4.20. The van der Waals surface area contributed by atoms with E-state index in [9.17, 15) is 5.11 Å². The van der Waals surface area contributed by atoms with Gasteiger partial charge in [0.2, 0.25) is 0 Å². The number of β-amino-alcohol motifs (C(OH)–C–C–N with tert-alkyl or cyclic N) is 1. The zero-order chi connectivity index (χ0) is 6.85. The first-order valence-electron chi connectivity index (χ1n) is 3.57. The van der Waals surface area contributed by atoms with Crippen molar-refractivity contribution in [3.63, 3.8) is 0 Å². The van der Waals surface area contributed by atoms with Gasteiger partial charge in [0, 0.05) is 6.54 Å². The van der Waals surface area contributed by atoms with Gasteiger partial charge in [-0.05, 0) is 25.9 Å². The van der Waals surface area contributed by atoms with Crippen molar-refractivity contribution in [2.75, 3.05) is 20.1 Å². The highest BCUT2D eigenvalue weighted by molar-refractivity contribution is 4.74. The summed E-state index contributed by atoms with van der Waals surface area (Å²) in [5.41, 5.74) is 0. The number of hydrogen-bond donors (Lipinski definition) is 1. The predicted octanol–water partition coefficient (Wildman–Crippen LogP) is 0.319. The average molecular weight is 129 g/mol. The monoisotopic (exact) mass is 129 g/mol. The molecule has 1 aliphatic rings. The second-order valence-corrected chi connectivity index (χ2v) is 3.10. The smallest absolute Gasteiger partial charge is 0.0692 e. The predicted molar refractivity (Wildman–Crippen MR) is 37.3 cm³/mol. The molecule has 1 fully saturated rings. The molecule has 2 atom stereocenters. The van der Waals surface area contributed by atoms with Gasteiger partial charge >= 0.3 is 0 Å². The quantitative estimate of drug-likeness (QED) is 0.509. The number of aliphatic hydroxyl groups is 1. The Kier molecular flexibility index (Phi) is 2.09. The van der Waals surface area contributed by atoms with Crippen LogP contribution in [0.15, 0.2) is 0 Å². The van der Waals surface area contributed by atoms with Crippen molar-refractivity contribution in [2.24, 2.45) is 5.92 Å². The van der Waals surface area contributed by atoms with Crippen LogP contribution in [0.1, 0.15) is 13.3 Å². The first kappa shape index (κ1) is 7.03. The van der Waals surface area contributed by atoms with Gasteiger partial charge in [0.05, 0.1) is 6.10 Å². The van der Waals surface area contributed by atoms with Gasteiger partial charge < -0.3 is 10.0 Å². The van der Waals surface area contributed by atoms with Crippen molar-refractivity contribution in [1.82, 2.24) is 4.90 Å².